The number of halogens is 1. The molecule has 0 spiro atoms. The van der Waals surface area contributed by atoms with Crippen LogP contribution in [-0.2, 0) is 0 Å². The van der Waals surface area contributed by atoms with Crippen LogP contribution in [0, 0.1) is 0 Å². The van der Waals surface area contributed by atoms with Gasteiger partial charge in [0.25, 0.3) is 0 Å². The van der Waals surface area contributed by atoms with Crippen LogP contribution < -0.4 is 5.32 Å². The molecule has 2 fully saturated rings. The van der Waals surface area contributed by atoms with E-state index >= 15 is 0 Å². The van der Waals surface area contributed by atoms with E-state index in [9.17, 15) is 9.50 Å². The van der Waals surface area contributed by atoms with Gasteiger partial charge in [-0.1, -0.05) is 19.3 Å². The van der Waals surface area contributed by atoms with Crippen LogP contribution >= 0.6 is 0 Å². The smallest absolute Gasteiger partial charge is 0.116 e. The molecule has 2 aliphatic carbocycles. The van der Waals surface area contributed by atoms with Crippen molar-refractivity contribution in [3.8, 4) is 0 Å². The normalized spacial score (nSPS) is 42.2. The molecule has 94 valence electrons. The van der Waals surface area contributed by atoms with Crippen LogP contribution in [0.25, 0.3) is 0 Å². The Morgan fingerprint density at radius 2 is 1.62 bits per heavy atom. The van der Waals surface area contributed by atoms with Gasteiger partial charge in [-0.05, 0) is 45.4 Å². The fraction of sp³-hybridized carbons (Fsp3) is 1.00. The van der Waals surface area contributed by atoms with Crippen molar-refractivity contribution in [2.75, 3.05) is 0 Å². The molecular formula is C13H24FNO. The maximum absolute atomic E-state index is 13.7. The highest BCUT2D eigenvalue weighted by atomic mass is 19.1. The van der Waals surface area contributed by atoms with E-state index in [1.165, 1.54) is 19.3 Å². The first-order chi connectivity index (χ1) is 7.49. The minimum atomic E-state index is -1.07. The lowest BCUT2D eigenvalue weighted by molar-refractivity contribution is -0.0736. The Morgan fingerprint density at radius 1 is 1.06 bits per heavy atom. The third-order valence-electron chi connectivity index (χ3n) is 4.20. The van der Waals surface area contributed by atoms with Crippen molar-refractivity contribution in [2.45, 2.75) is 82.1 Å². The van der Waals surface area contributed by atoms with Crippen LogP contribution in [-0.4, -0.2) is 22.5 Å². The number of hydrogen-bond donors (Lipinski definition) is 2. The van der Waals surface area contributed by atoms with Crippen LogP contribution in [0.2, 0.25) is 0 Å². The van der Waals surface area contributed by atoms with Crippen LogP contribution in [0.15, 0.2) is 0 Å². The first-order valence-electron chi connectivity index (χ1n) is 6.68. The summed E-state index contributed by atoms with van der Waals surface area (Å²) in [7, 11) is 0. The number of alkyl halides is 1. The van der Waals surface area contributed by atoms with E-state index in [1.54, 1.807) is 6.92 Å². The molecule has 0 aromatic carbocycles. The average molecular weight is 229 g/mol. The van der Waals surface area contributed by atoms with Crippen LogP contribution in [0.3, 0.4) is 0 Å². The standard InChI is InChI=1S/C13H24FNO/c1-12(14)7-9-13(16,10-8-12)15-11-5-3-2-4-6-11/h11,15-16H,2-10H2,1H3. The highest BCUT2D eigenvalue weighted by Crippen LogP contribution is 2.36. The fourth-order valence-electron chi connectivity index (χ4n) is 2.96. The fourth-order valence-corrected chi connectivity index (χ4v) is 2.96. The van der Waals surface area contributed by atoms with Gasteiger partial charge in [0, 0.05) is 6.04 Å². The predicted octanol–water partition coefficient (Wildman–Crippen LogP) is 2.90. The van der Waals surface area contributed by atoms with E-state index in [0.29, 0.717) is 31.7 Å². The van der Waals surface area contributed by atoms with E-state index in [4.69, 9.17) is 0 Å². The molecule has 2 nitrogen and oxygen atoms in total. The van der Waals surface area contributed by atoms with E-state index < -0.39 is 11.4 Å². The number of aliphatic hydroxyl groups is 1. The van der Waals surface area contributed by atoms with Crippen molar-refractivity contribution < 1.29 is 9.50 Å². The molecule has 16 heavy (non-hydrogen) atoms. The van der Waals surface area contributed by atoms with Crippen molar-refractivity contribution >= 4 is 0 Å². The molecule has 0 aromatic rings. The van der Waals surface area contributed by atoms with Gasteiger partial charge in [0.2, 0.25) is 0 Å². The van der Waals surface area contributed by atoms with Crippen molar-refractivity contribution in [3.63, 3.8) is 0 Å². The largest absolute Gasteiger partial charge is 0.376 e. The monoisotopic (exact) mass is 229 g/mol. The summed E-state index contributed by atoms with van der Waals surface area (Å²) in [5.41, 5.74) is -1.87. The van der Waals surface area contributed by atoms with Crippen LogP contribution in [0.4, 0.5) is 4.39 Å². The first kappa shape index (κ1) is 12.3. The molecule has 0 heterocycles. The summed E-state index contributed by atoms with van der Waals surface area (Å²) in [6, 6.07) is 0.447. The zero-order chi connectivity index (χ0) is 11.6. The Kier molecular flexibility index (Phi) is 3.55. The summed E-state index contributed by atoms with van der Waals surface area (Å²) in [5, 5.41) is 13.7. The summed E-state index contributed by atoms with van der Waals surface area (Å²) in [5.74, 6) is 0. The molecule has 0 amide bonds. The highest BCUT2D eigenvalue weighted by molar-refractivity contribution is 4.92. The maximum Gasteiger partial charge on any atom is 0.116 e. The lowest BCUT2D eigenvalue weighted by Crippen LogP contribution is -2.54. The summed E-state index contributed by atoms with van der Waals surface area (Å²) in [6.45, 7) is 1.65. The van der Waals surface area contributed by atoms with E-state index in [1.807, 2.05) is 0 Å². The Bertz CT molecular complexity index is 226. The van der Waals surface area contributed by atoms with Crippen molar-refractivity contribution in [1.29, 1.82) is 0 Å². The average Bonchev–Trinajstić information content (AvgIpc) is 2.25. The second-order valence-electron chi connectivity index (χ2n) is 5.92. The zero-order valence-electron chi connectivity index (χ0n) is 10.3. The third kappa shape index (κ3) is 3.17. The molecule has 0 saturated heterocycles. The van der Waals surface area contributed by atoms with Gasteiger partial charge in [0.05, 0.1) is 0 Å². The highest BCUT2D eigenvalue weighted by Gasteiger charge is 2.40. The van der Waals surface area contributed by atoms with Gasteiger partial charge in [-0.15, -0.1) is 0 Å². The van der Waals surface area contributed by atoms with Gasteiger partial charge in [-0.2, -0.15) is 0 Å². The summed E-state index contributed by atoms with van der Waals surface area (Å²) < 4.78 is 13.7. The molecule has 2 N–H and O–H groups in total. The summed E-state index contributed by atoms with van der Waals surface area (Å²) >= 11 is 0. The Balaban J connectivity index is 1.84. The topological polar surface area (TPSA) is 32.3 Å². The van der Waals surface area contributed by atoms with Crippen molar-refractivity contribution in [3.05, 3.63) is 0 Å². The number of rotatable bonds is 2. The van der Waals surface area contributed by atoms with Gasteiger partial charge in [-0.3, -0.25) is 5.32 Å². The molecule has 2 rings (SSSR count). The van der Waals surface area contributed by atoms with Crippen molar-refractivity contribution in [1.82, 2.24) is 5.32 Å². The van der Waals surface area contributed by atoms with Crippen LogP contribution in [0.1, 0.15) is 64.7 Å². The molecule has 2 aliphatic rings. The number of hydrogen-bond acceptors (Lipinski definition) is 2. The minimum absolute atomic E-state index is 0.447. The predicted molar refractivity (Wildman–Crippen MR) is 62.9 cm³/mol. The maximum atomic E-state index is 13.7. The molecule has 2 saturated carbocycles. The molecule has 0 radical (unpaired) electrons. The van der Waals surface area contributed by atoms with Gasteiger partial charge in [0.1, 0.15) is 11.4 Å². The Morgan fingerprint density at radius 3 is 2.19 bits per heavy atom. The second kappa shape index (κ2) is 4.61. The van der Waals surface area contributed by atoms with Gasteiger partial charge < -0.3 is 5.11 Å². The zero-order valence-corrected chi connectivity index (χ0v) is 10.3. The molecule has 0 unspecified atom stereocenters. The van der Waals surface area contributed by atoms with Gasteiger partial charge >= 0.3 is 0 Å². The van der Waals surface area contributed by atoms with Crippen LogP contribution in [0.5, 0.6) is 0 Å². The van der Waals surface area contributed by atoms with E-state index in [2.05, 4.69) is 5.32 Å². The van der Waals surface area contributed by atoms with Crippen molar-refractivity contribution in [2.24, 2.45) is 0 Å². The molecule has 0 aromatic heterocycles. The minimum Gasteiger partial charge on any atom is -0.376 e. The summed E-state index contributed by atoms with van der Waals surface area (Å²) in [4.78, 5) is 0. The molecule has 0 atom stereocenters. The molecule has 3 heteroatoms. The first-order valence-corrected chi connectivity index (χ1v) is 6.68. The molecule has 0 bridgehead atoms. The summed E-state index contributed by atoms with van der Waals surface area (Å²) in [6.07, 6.45) is 8.21. The van der Waals surface area contributed by atoms with E-state index in [-0.39, 0.29) is 0 Å². The quantitative estimate of drug-likeness (QED) is 0.714. The Hall–Kier alpha value is -0.150. The SMILES string of the molecule is CC1(F)CCC(O)(NC2CCCCC2)CC1. The molecular weight excluding hydrogens is 205 g/mol. The lowest BCUT2D eigenvalue weighted by Gasteiger charge is -2.41. The number of nitrogens with one attached hydrogen (secondary N) is 1. The lowest BCUT2D eigenvalue weighted by atomic mass is 9.81. The molecule has 0 aliphatic heterocycles. The second-order valence-corrected chi connectivity index (χ2v) is 5.92. The van der Waals surface area contributed by atoms with Gasteiger partial charge in [0.15, 0.2) is 0 Å². The van der Waals surface area contributed by atoms with E-state index in [0.717, 1.165) is 12.8 Å². The van der Waals surface area contributed by atoms with Gasteiger partial charge in [-0.25, -0.2) is 4.39 Å². The third-order valence-corrected chi connectivity index (χ3v) is 4.20. The Labute approximate surface area is 97.6 Å².